The van der Waals surface area contributed by atoms with Crippen molar-refractivity contribution in [3.05, 3.63) is 0 Å². The summed E-state index contributed by atoms with van der Waals surface area (Å²) in [5.41, 5.74) is 0. The minimum Gasteiger partial charge on any atom is -0.548 e. The highest BCUT2D eigenvalue weighted by Crippen LogP contribution is 2.33. The molecule has 108 valence electrons. The molecule has 0 N–H and O–H groups in total. The molecular weight excluding hydrogens is 274 g/mol. The Morgan fingerprint density at radius 1 is 1.21 bits per heavy atom. The number of aliphatic carboxylic acids is 1. The van der Waals surface area contributed by atoms with Crippen molar-refractivity contribution in [3.8, 4) is 0 Å². The summed E-state index contributed by atoms with van der Waals surface area (Å²) in [6.07, 6.45) is 0.0575. The van der Waals surface area contributed by atoms with Crippen LogP contribution in [0.15, 0.2) is 0 Å². The highest BCUT2D eigenvalue weighted by atomic mass is 32.2. The van der Waals surface area contributed by atoms with Crippen molar-refractivity contribution in [2.24, 2.45) is 0 Å². The third-order valence-corrected chi connectivity index (χ3v) is 6.39. The van der Waals surface area contributed by atoms with E-state index in [9.17, 15) is 23.1 Å². The van der Waals surface area contributed by atoms with Crippen molar-refractivity contribution in [3.63, 3.8) is 0 Å². The second kappa shape index (κ2) is 5.18. The normalized spacial score (nSPS) is 25.2. The Morgan fingerprint density at radius 3 is 2.21 bits per heavy atom. The van der Waals surface area contributed by atoms with Gasteiger partial charge in [-0.25, -0.2) is 12.7 Å². The van der Waals surface area contributed by atoms with E-state index in [1.54, 1.807) is 0 Å². The molecule has 2 aliphatic rings. The van der Waals surface area contributed by atoms with Gasteiger partial charge in [-0.3, -0.25) is 4.79 Å². The van der Waals surface area contributed by atoms with E-state index in [2.05, 4.69) is 0 Å². The summed E-state index contributed by atoms with van der Waals surface area (Å²) in [5, 5.41) is 11.4. The number of carbonyl (C=O) groups is 2. The summed E-state index contributed by atoms with van der Waals surface area (Å²) in [7, 11) is -4.03. The van der Waals surface area contributed by atoms with Gasteiger partial charge in [0.15, 0.2) is 0 Å². The van der Waals surface area contributed by atoms with Crippen LogP contribution >= 0.6 is 0 Å². The summed E-state index contributed by atoms with van der Waals surface area (Å²) in [4.78, 5) is 22.5. The van der Waals surface area contributed by atoms with Crippen molar-refractivity contribution in [2.45, 2.75) is 30.4 Å². The van der Waals surface area contributed by atoms with Crippen LogP contribution < -0.4 is 5.11 Å². The van der Waals surface area contributed by atoms with Crippen LogP contribution in [0, 0.1) is 0 Å². The minimum absolute atomic E-state index is 0.000859. The number of sulfonamides is 1. The number of Topliss-reactive ketones (excluding diaryl/α,β-unsaturated/α-hetero) is 1. The number of ether oxygens (including phenoxy) is 1. The number of carboxylic acids is 1. The highest BCUT2D eigenvalue weighted by Gasteiger charge is 2.50. The fourth-order valence-electron chi connectivity index (χ4n) is 2.49. The average molecular weight is 290 g/mol. The van der Waals surface area contributed by atoms with Gasteiger partial charge in [0.05, 0.1) is 5.97 Å². The number of carbonyl (C=O) groups excluding carboxylic acids is 2. The molecule has 0 aromatic rings. The Kier molecular flexibility index (Phi) is 3.93. The van der Waals surface area contributed by atoms with Gasteiger partial charge in [0.1, 0.15) is 10.5 Å². The Bertz CT molecular complexity index is 469. The lowest BCUT2D eigenvalue weighted by molar-refractivity contribution is -0.311. The summed E-state index contributed by atoms with van der Waals surface area (Å²) < 4.78 is 29.3. The van der Waals surface area contributed by atoms with Crippen LogP contribution in [0.2, 0.25) is 0 Å². The van der Waals surface area contributed by atoms with Crippen molar-refractivity contribution < 1.29 is 27.9 Å². The number of rotatable bonds is 3. The van der Waals surface area contributed by atoms with Crippen LogP contribution in [-0.2, 0) is 24.3 Å². The Hall–Kier alpha value is -0.990. The largest absolute Gasteiger partial charge is 0.548 e. The lowest BCUT2D eigenvalue weighted by atomic mass is 9.99. The molecule has 0 unspecified atom stereocenters. The van der Waals surface area contributed by atoms with Gasteiger partial charge in [-0.05, 0) is 12.8 Å². The Balaban J connectivity index is 2.29. The van der Waals surface area contributed by atoms with E-state index in [0.29, 0.717) is 0 Å². The van der Waals surface area contributed by atoms with Crippen molar-refractivity contribution >= 4 is 21.8 Å². The molecule has 2 aliphatic heterocycles. The molecule has 0 aromatic carbocycles. The first kappa shape index (κ1) is 14.4. The predicted octanol–water partition coefficient (Wildman–Crippen LogP) is -1.72. The molecule has 0 atom stereocenters. The zero-order valence-corrected chi connectivity index (χ0v) is 11.3. The first-order valence-electron chi connectivity index (χ1n) is 6.21. The lowest BCUT2D eigenvalue weighted by Gasteiger charge is -2.41. The van der Waals surface area contributed by atoms with Crippen LogP contribution in [0.25, 0.3) is 0 Å². The molecule has 19 heavy (non-hydrogen) atoms. The Labute approximate surface area is 111 Å². The van der Waals surface area contributed by atoms with E-state index in [-0.39, 0.29) is 57.8 Å². The standard InChI is InChI=1S/C11H17NO6S/c13-9-1-5-12(6-2-9)19(16,17)11(10(14)15)3-7-18-8-4-11/h1-8H2,(H,14,15)/p-1. The monoisotopic (exact) mass is 290 g/mol. The molecule has 0 spiro atoms. The molecular formula is C11H16NO6S-. The molecule has 0 bridgehead atoms. The molecule has 2 saturated heterocycles. The molecule has 7 nitrogen and oxygen atoms in total. The summed E-state index contributed by atoms with van der Waals surface area (Å²) >= 11 is 0. The van der Waals surface area contributed by atoms with Crippen molar-refractivity contribution in [2.75, 3.05) is 26.3 Å². The van der Waals surface area contributed by atoms with E-state index in [1.165, 1.54) is 0 Å². The molecule has 0 aromatic heterocycles. The second-order valence-electron chi connectivity index (χ2n) is 4.84. The maximum Gasteiger partial charge on any atom is 0.225 e. The fraction of sp³-hybridized carbons (Fsp3) is 0.818. The van der Waals surface area contributed by atoms with Gasteiger partial charge in [0.2, 0.25) is 10.0 Å². The molecule has 2 fully saturated rings. The third kappa shape index (κ3) is 2.39. The summed E-state index contributed by atoms with van der Waals surface area (Å²) in [5.74, 6) is -1.58. The van der Waals surface area contributed by atoms with Crippen molar-refractivity contribution in [1.29, 1.82) is 0 Å². The summed E-state index contributed by atoms with van der Waals surface area (Å²) in [6.45, 7) is 0.272. The first-order chi connectivity index (χ1) is 8.90. The average Bonchev–Trinajstić information content (AvgIpc) is 2.39. The molecule has 0 amide bonds. The van der Waals surface area contributed by atoms with E-state index in [0.717, 1.165) is 4.31 Å². The zero-order chi connectivity index (χ0) is 14.1. The maximum absolute atomic E-state index is 12.5. The first-order valence-corrected chi connectivity index (χ1v) is 7.65. The molecule has 8 heteroatoms. The molecule has 0 aliphatic carbocycles. The molecule has 2 rings (SSSR count). The highest BCUT2D eigenvalue weighted by molar-refractivity contribution is 7.91. The van der Waals surface area contributed by atoms with Gasteiger partial charge in [-0.2, -0.15) is 0 Å². The van der Waals surface area contributed by atoms with Crippen LogP contribution in [0.4, 0.5) is 0 Å². The van der Waals surface area contributed by atoms with Crippen LogP contribution in [0.5, 0.6) is 0 Å². The topological polar surface area (TPSA) is 104 Å². The number of hydrogen-bond donors (Lipinski definition) is 0. The van der Waals surface area contributed by atoms with Gasteiger partial charge >= 0.3 is 0 Å². The number of carboxylic acid groups (broad SMARTS) is 1. The Morgan fingerprint density at radius 2 is 1.74 bits per heavy atom. The van der Waals surface area contributed by atoms with Crippen LogP contribution in [-0.4, -0.2) is 55.5 Å². The van der Waals surface area contributed by atoms with Gasteiger partial charge in [-0.15, -0.1) is 0 Å². The molecule has 0 saturated carbocycles. The molecule has 0 radical (unpaired) electrons. The van der Waals surface area contributed by atoms with Crippen molar-refractivity contribution in [1.82, 2.24) is 4.31 Å². The number of piperidine rings is 1. The third-order valence-electron chi connectivity index (χ3n) is 3.79. The smallest absolute Gasteiger partial charge is 0.225 e. The van der Waals surface area contributed by atoms with E-state index in [1.807, 2.05) is 0 Å². The van der Waals surface area contributed by atoms with E-state index < -0.39 is 20.7 Å². The quantitative estimate of drug-likeness (QED) is 0.612. The maximum atomic E-state index is 12.5. The number of nitrogens with zero attached hydrogens (tertiary/aromatic N) is 1. The van der Waals surface area contributed by atoms with Gasteiger partial charge in [0, 0.05) is 39.1 Å². The number of ketones is 1. The lowest BCUT2D eigenvalue weighted by Crippen LogP contribution is -2.61. The van der Waals surface area contributed by atoms with E-state index in [4.69, 9.17) is 4.74 Å². The van der Waals surface area contributed by atoms with Gasteiger partial charge < -0.3 is 14.6 Å². The number of hydrogen-bond acceptors (Lipinski definition) is 6. The SMILES string of the molecule is O=C1CCN(S(=O)(=O)C2(C(=O)[O-])CCOCC2)CC1. The zero-order valence-electron chi connectivity index (χ0n) is 10.5. The van der Waals surface area contributed by atoms with Gasteiger partial charge in [0.25, 0.3) is 0 Å². The van der Waals surface area contributed by atoms with Crippen LogP contribution in [0.1, 0.15) is 25.7 Å². The van der Waals surface area contributed by atoms with Crippen LogP contribution in [0.3, 0.4) is 0 Å². The van der Waals surface area contributed by atoms with E-state index >= 15 is 0 Å². The second-order valence-corrected chi connectivity index (χ2v) is 7.08. The summed E-state index contributed by atoms with van der Waals surface area (Å²) in [6, 6.07) is 0. The minimum atomic E-state index is -4.03. The fourth-order valence-corrected chi connectivity index (χ4v) is 4.54. The predicted molar refractivity (Wildman–Crippen MR) is 62.5 cm³/mol. The molecule has 2 heterocycles. The van der Waals surface area contributed by atoms with Gasteiger partial charge in [-0.1, -0.05) is 0 Å².